The van der Waals surface area contributed by atoms with E-state index in [2.05, 4.69) is 50.2 Å². The van der Waals surface area contributed by atoms with E-state index in [4.69, 9.17) is 0 Å². The number of nitrogens with one attached hydrogen (secondary N) is 1. The van der Waals surface area contributed by atoms with Crippen molar-refractivity contribution in [3.63, 3.8) is 0 Å². The van der Waals surface area contributed by atoms with Gasteiger partial charge in [0.25, 0.3) is 0 Å². The molecule has 0 amide bonds. The van der Waals surface area contributed by atoms with Crippen LogP contribution in [-0.4, -0.2) is 16.3 Å². The average Bonchev–Trinajstić information content (AvgIpc) is 3.01. The van der Waals surface area contributed by atoms with Gasteiger partial charge in [-0.3, -0.25) is 4.68 Å². The van der Waals surface area contributed by atoms with E-state index >= 15 is 0 Å². The summed E-state index contributed by atoms with van der Waals surface area (Å²) in [5.41, 5.74) is 3.79. The molecule has 2 aromatic heterocycles. The molecule has 0 saturated heterocycles. The van der Waals surface area contributed by atoms with Crippen LogP contribution >= 0.6 is 11.3 Å². The van der Waals surface area contributed by atoms with E-state index in [9.17, 15) is 0 Å². The number of nitrogens with zero attached hydrogens (tertiary/aromatic N) is 2. The molecule has 3 nitrogen and oxygen atoms in total. The molecule has 0 aliphatic carbocycles. The van der Waals surface area contributed by atoms with E-state index < -0.39 is 0 Å². The standard InChI is InChI=1S/C17H27N3S/c1-6-10-18-16(11-15-9-8-14(7-2)21-15)17-12(3)19-20(5)13(17)4/h8-9,16,18H,6-7,10-11H2,1-5H3. The first kappa shape index (κ1) is 16.2. The van der Waals surface area contributed by atoms with Crippen LogP contribution < -0.4 is 5.32 Å². The molecule has 0 bridgehead atoms. The normalized spacial score (nSPS) is 12.8. The summed E-state index contributed by atoms with van der Waals surface area (Å²) < 4.78 is 2.00. The Morgan fingerprint density at radius 2 is 1.95 bits per heavy atom. The van der Waals surface area contributed by atoms with Crippen LogP contribution in [-0.2, 0) is 19.9 Å². The summed E-state index contributed by atoms with van der Waals surface area (Å²) >= 11 is 1.94. The zero-order valence-corrected chi connectivity index (χ0v) is 14.7. The van der Waals surface area contributed by atoms with E-state index in [-0.39, 0.29) is 0 Å². The fraction of sp³-hybridized carbons (Fsp3) is 0.588. The van der Waals surface area contributed by atoms with Gasteiger partial charge >= 0.3 is 0 Å². The third kappa shape index (κ3) is 3.74. The number of hydrogen-bond acceptors (Lipinski definition) is 3. The maximum absolute atomic E-state index is 4.58. The molecule has 0 radical (unpaired) electrons. The molecular weight excluding hydrogens is 278 g/mol. The minimum absolute atomic E-state index is 0.363. The predicted octanol–water partition coefficient (Wildman–Crippen LogP) is 3.94. The highest BCUT2D eigenvalue weighted by Crippen LogP contribution is 2.28. The van der Waals surface area contributed by atoms with Crippen LogP contribution in [0.15, 0.2) is 12.1 Å². The lowest BCUT2D eigenvalue weighted by molar-refractivity contribution is 0.527. The van der Waals surface area contributed by atoms with Gasteiger partial charge in [-0.05, 0) is 45.4 Å². The molecule has 0 saturated carbocycles. The van der Waals surface area contributed by atoms with Gasteiger partial charge in [0.2, 0.25) is 0 Å². The third-order valence-corrected chi connectivity index (χ3v) is 5.28. The van der Waals surface area contributed by atoms with Crippen LogP contribution in [0.3, 0.4) is 0 Å². The summed E-state index contributed by atoms with van der Waals surface area (Å²) in [7, 11) is 2.03. The summed E-state index contributed by atoms with van der Waals surface area (Å²) in [5.74, 6) is 0. The van der Waals surface area contributed by atoms with Crippen LogP contribution in [0.5, 0.6) is 0 Å². The lowest BCUT2D eigenvalue weighted by atomic mass is 10.0. The fourth-order valence-corrected chi connectivity index (χ4v) is 3.82. The summed E-state index contributed by atoms with van der Waals surface area (Å²) in [6.45, 7) is 9.77. The summed E-state index contributed by atoms with van der Waals surface area (Å²) in [6, 6.07) is 4.91. The molecule has 1 N–H and O–H groups in total. The summed E-state index contributed by atoms with van der Waals surface area (Å²) in [6.07, 6.45) is 3.33. The van der Waals surface area contributed by atoms with E-state index in [0.717, 1.165) is 31.5 Å². The molecule has 0 aliphatic rings. The van der Waals surface area contributed by atoms with Crippen LogP contribution in [0, 0.1) is 13.8 Å². The molecule has 2 heterocycles. The Morgan fingerprint density at radius 1 is 1.24 bits per heavy atom. The second-order valence-corrected chi connectivity index (χ2v) is 6.89. The highest BCUT2D eigenvalue weighted by Gasteiger charge is 2.20. The Bertz CT molecular complexity index is 583. The number of thiophene rings is 1. The van der Waals surface area contributed by atoms with Gasteiger partial charge in [-0.2, -0.15) is 5.10 Å². The van der Waals surface area contributed by atoms with Gasteiger partial charge in [0.05, 0.1) is 5.69 Å². The molecule has 1 atom stereocenters. The fourth-order valence-electron chi connectivity index (χ4n) is 2.81. The van der Waals surface area contributed by atoms with Crippen LogP contribution in [0.4, 0.5) is 0 Å². The third-order valence-electron chi connectivity index (χ3n) is 4.03. The predicted molar refractivity (Wildman–Crippen MR) is 91.1 cm³/mol. The minimum Gasteiger partial charge on any atom is -0.310 e. The van der Waals surface area contributed by atoms with Crippen molar-refractivity contribution >= 4 is 11.3 Å². The number of aryl methyl sites for hydroxylation is 3. The first-order valence-corrected chi connectivity index (χ1v) is 8.69. The first-order valence-electron chi connectivity index (χ1n) is 7.87. The van der Waals surface area contributed by atoms with Gasteiger partial charge in [-0.15, -0.1) is 11.3 Å². The Labute approximate surface area is 132 Å². The molecule has 1 unspecified atom stereocenters. The van der Waals surface area contributed by atoms with Crippen molar-refractivity contribution in [2.24, 2.45) is 7.05 Å². The molecule has 0 fully saturated rings. The highest BCUT2D eigenvalue weighted by molar-refractivity contribution is 7.11. The second kappa shape index (κ2) is 7.23. The topological polar surface area (TPSA) is 29.9 Å². The monoisotopic (exact) mass is 305 g/mol. The maximum Gasteiger partial charge on any atom is 0.0644 e. The quantitative estimate of drug-likeness (QED) is 0.839. The Kier molecular flexibility index (Phi) is 5.59. The second-order valence-electron chi connectivity index (χ2n) is 5.64. The van der Waals surface area contributed by atoms with Gasteiger partial charge in [-0.25, -0.2) is 0 Å². The molecule has 4 heteroatoms. The molecule has 2 rings (SSSR count). The minimum atomic E-state index is 0.363. The number of hydrogen-bond donors (Lipinski definition) is 1. The Balaban J connectivity index is 2.25. The van der Waals surface area contributed by atoms with Crippen molar-refractivity contribution < 1.29 is 0 Å². The Hall–Kier alpha value is -1.13. The van der Waals surface area contributed by atoms with Crippen LogP contribution in [0.25, 0.3) is 0 Å². The van der Waals surface area contributed by atoms with Gasteiger partial charge < -0.3 is 5.32 Å². The lowest BCUT2D eigenvalue weighted by Gasteiger charge is -2.19. The molecular formula is C17H27N3S. The largest absolute Gasteiger partial charge is 0.310 e. The number of aromatic nitrogens is 2. The smallest absolute Gasteiger partial charge is 0.0644 e. The average molecular weight is 305 g/mol. The summed E-state index contributed by atoms with van der Waals surface area (Å²) in [5, 5.41) is 8.29. The van der Waals surface area contributed by atoms with Gasteiger partial charge in [0.1, 0.15) is 0 Å². The van der Waals surface area contributed by atoms with E-state index in [0.29, 0.717) is 6.04 Å². The van der Waals surface area contributed by atoms with E-state index in [1.807, 2.05) is 23.1 Å². The van der Waals surface area contributed by atoms with Crippen molar-refractivity contribution in [2.75, 3.05) is 6.54 Å². The van der Waals surface area contributed by atoms with E-state index in [1.165, 1.54) is 21.0 Å². The molecule has 0 aromatic carbocycles. The van der Waals surface area contributed by atoms with Crippen molar-refractivity contribution in [1.82, 2.24) is 15.1 Å². The van der Waals surface area contributed by atoms with Crippen molar-refractivity contribution in [3.05, 3.63) is 38.8 Å². The van der Waals surface area contributed by atoms with Crippen LogP contribution in [0.2, 0.25) is 0 Å². The molecule has 21 heavy (non-hydrogen) atoms. The zero-order valence-electron chi connectivity index (χ0n) is 13.9. The van der Waals surface area contributed by atoms with Crippen LogP contribution in [0.1, 0.15) is 53.0 Å². The molecule has 116 valence electrons. The number of rotatable bonds is 7. The van der Waals surface area contributed by atoms with Crippen molar-refractivity contribution in [3.8, 4) is 0 Å². The molecule has 2 aromatic rings. The molecule has 0 spiro atoms. The van der Waals surface area contributed by atoms with Crippen molar-refractivity contribution in [2.45, 2.75) is 53.0 Å². The maximum atomic E-state index is 4.58. The van der Waals surface area contributed by atoms with E-state index in [1.54, 1.807) is 0 Å². The van der Waals surface area contributed by atoms with Gasteiger partial charge in [-0.1, -0.05) is 13.8 Å². The Morgan fingerprint density at radius 3 is 2.48 bits per heavy atom. The van der Waals surface area contributed by atoms with Crippen molar-refractivity contribution in [1.29, 1.82) is 0 Å². The summed E-state index contributed by atoms with van der Waals surface area (Å²) in [4.78, 5) is 2.93. The van der Waals surface area contributed by atoms with Gasteiger partial charge in [0.15, 0.2) is 0 Å². The molecule has 0 aliphatic heterocycles. The lowest BCUT2D eigenvalue weighted by Crippen LogP contribution is -2.25. The highest BCUT2D eigenvalue weighted by atomic mass is 32.1. The van der Waals surface area contributed by atoms with Gasteiger partial charge in [0, 0.05) is 40.5 Å². The first-order chi connectivity index (χ1) is 10.1. The SMILES string of the molecule is CCCNC(Cc1ccc(CC)s1)c1c(C)nn(C)c1C. The zero-order chi connectivity index (χ0) is 15.4.